The largest absolute Gasteiger partial charge is 0.361 e. The van der Waals surface area contributed by atoms with Crippen molar-refractivity contribution in [2.45, 2.75) is 39.0 Å². The molecule has 152 valence electrons. The molecule has 1 saturated heterocycles. The number of aryl methyl sites for hydroxylation is 2. The molecular formula is C19H26N4O4S. The van der Waals surface area contributed by atoms with Crippen LogP contribution < -0.4 is 5.32 Å². The van der Waals surface area contributed by atoms with E-state index in [0.717, 1.165) is 35.6 Å². The Morgan fingerprint density at radius 2 is 2.00 bits per heavy atom. The number of sulfonamides is 1. The molecule has 1 fully saturated rings. The van der Waals surface area contributed by atoms with Crippen LogP contribution in [-0.2, 0) is 16.4 Å². The number of rotatable bonds is 6. The van der Waals surface area contributed by atoms with Crippen molar-refractivity contribution < 1.29 is 17.7 Å². The van der Waals surface area contributed by atoms with Crippen LogP contribution in [0.3, 0.4) is 0 Å². The number of aromatic nitrogens is 2. The van der Waals surface area contributed by atoms with Crippen molar-refractivity contribution in [3.05, 3.63) is 46.6 Å². The summed E-state index contributed by atoms with van der Waals surface area (Å²) in [6.45, 7) is 5.26. The maximum Gasteiger partial charge on any atom is 0.252 e. The van der Waals surface area contributed by atoms with Crippen molar-refractivity contribution in [1.82, 2.24) is 19.8 Å². The predicted molar refractivity (Wildman–Crippen MR) is 105 cm³/mol. The van der Waals surface area contributed by atoms with Gasteiger partial charge in [0, 0.05) is 43.0 Å². The molecule has 1 aliphatic rings. The van der Waals surface area contributed by atoms with Gasteiger partial charge in [-0.2, -0.15) is 0 Å². The average Bonchev–Trinajstić information content (AvgIpc) is 2.99. The molecule has 1 amide bonds. The average molecular weight is 407 g/mol. The number of carbonyl (C=O) groups is 1. The van der Waals surface area contributed by atoms with E-state index < -0.39 is 10.0 Å². The van der Waals surface area contributed by atoms with Gasteiger partial charge in [0.25, 0.3) is 5.91 Å². The lowest BCUT2D eigenvalue weighted by atomic mass is 9.94. The van der Waals surface area contributed by atoms with Gasteiger partial charge in [0.05, 0.1) is 17.5 Å². The predicted octanol–water partition coefficient (Wildman–Crippen LogP) is 1.80. The number of piperidine rings is 1. The van der Waals surface area contributed by atoms with Crippen LogP contribution in [0.4, 0.5) is 0 Å². The molecule has 0 spiro atoms. The fraction of sp³-hybridized carbons (Fsp3) is 0.526. The first-order chi connectivity index (χ1) is 13.3. The SMILES string of the molecule is Cc1noc(C)c1CCNC(=O)c1ccc(C2CCN(S(C)(=O)=O)CC2)nc1. The maximum atomic E-state index is 12.3. The first-order valence-electron chi connectivity index (χ1n) is 9.36. The third kappa shape index (κ3) is 4.77. The number of hydrogen-bond donors (Lipinski definition) is 1. The van der Waals surface area contributed by atoms with Crippen LogP contribution >= 0.6 is 0 Å². The van der Waals surface area contributed by atoms with E-state index in [4.69, 9.17) is 4.52 Å². The molecule has 0 bridgehead atoms. The number of nitrogens with zero attached hydrogens (tertiary/aromatic N) is 3. The zero-order chi connectivity index (χ0) is 20.3. The number of carbonyl (C=O) groups excluding carboxylic acids is 1. The molecule has 3 heterocycles. The minimum absolute atomic E-state index is 0.169. The van der Waals surface area contributed by atoms with Crippen molar-refractivity contribution in [3.8, 4) is 0 Å². The summed E-state index contributed by atoms with van der Waals surface area (Å²) in [5.41, 5.74) is 3.28. The first-order valence-corrected chi connectivity index (χ1v) is 11.2. The van der Waals surface area contributed by atoms with E-state index in [1.807, 2.05) is 19.9 Å². The monoisotopic (exact) mass is 406 g/mol. The van der Waals surface area contributed by atoms with Crippen molar-refractivity contribution >= 4 is 15.9 Å². The van der Waals surface area contributed by atoms with Crippen LogP contribution in [0.15, 0.2) is 22.9 Å². The summed E-state index contributed by atoms with van der Waals surface area (Å²) in [7, 11) is -3.13. The molecule has 3 rings (SSSR count). The Bertz CT molecular complexity index is 910. The lowest BCUT2D eigenvalue weighted by molar-refractivity contribution is 0.0953. The molecule has 8 nitrogen and oxygen atoms in total. The van der Waals surface area contributed by atoms with Crippen LogP contribution in [0.1, 0.15) is 51.8 Å². The number of nitrogens with one attached hydrogen (secondary N) is 1. The molecule has 28 heavy (non-hydrogen) atoms. The Morgan fingerprint density at radius 3 is 2.54 bits per heavy atom. The van der Waals surface area contributed by atoms with Gasteiger partial charge >= 0.3 is 0 Å². The quantitative estimate of drug-likeness (QED) is 0.784. The summed E-state index contributed by atoms with van der Waals surface area (Å²) in [4.78, 5) is 16.8. The van der Waals surface area contributed by atoms with Crippen LogP contribution in [0.25, 0.3) is 0 Å². The van der Waals surface area contributed by atoms with E-state index in [0.29, 0.717) is 31.6 Å². The summed E-state index contributed by atoms with van der Waals surface area (Å²) >= 11 is 0. The third-order valence-corrected chi connectivity index (χ3v) is 6.53. The Hall–Kier alpha value is -2.26. The lowest BCUT2D eigenvalue weighted by Gasteiger charge is -2.29. The summed E-state index contributed by atoms with van der Waals surface area (Å²) in [5, 5.41) is 6.80. The minimum Gasteiger partial charge on any atom is -0.361 e. The lowest BCUT2D eigenvalue weighted by Crippen LogP contribution is -2.37. The normalized spacial score (nSPS) is 16.2. The van der Waals surface area contributed by atoms with E-state index in [1.165, 1.54) is 10.6 Å². The number of amides is 1. The van der Waals surface area contributed by atoms with Crippen LogP contribution in [-0.4, -0.2) is 54.7 Å². The van der Waals surface area contributed by atoms with E-state index >= 15 is 0 Å². The van der Waals surface area contributed by atoms with Crippen molar-refractivity contribution in [2.24, 2.45) is 0 Å². The summed E-state index contributed by atoms with van der Waals surface area (Å²) in [6, 6.07) is 3.64. The van der Waals surface area contributed by atoms with E-state index in [9.17, 15) is 13.2 Å². The second kappa shape index (κ2) is 8.40. The van der Waals surface area contributed by atoms with Gasteiger partial charge < -0.3 is 9.84 Å². The molecule has 2 aromatic heterocycles. The van der Waals surface area contributed by atoms with E-state index in [-0.39, 0.29) is 11.8 Å². The van der Waals surface area contributed by atoms with Crippen LogP contribution in [0, 0.1) is 13.8 Å². The number of pyridine rings is 1. The second-order valence-corrected chi connectivity index (χ2v) is 9.20. The zero-order valence-corrected chi connectivity index (χ0v) is 17.3. The maximum absolute atomic E-state index is 12.3. The highest BCUT2D eigenvalue weighted by atomic mass is 32.2. The van der Waals surface area contributed by atoms with Gasteiger partial charge in [0.15, 0.2) is 0 Å². The molecule has 0 saturated carbocycles. The third-order valence-electron chi connectivity index (χ3n) is 5.23. The Balaban J connectivity index is 1.52. The Kier molecular flexibility index (Phi) is 6.14. The highest BCUT2D eigenvalue weighted by Crippen LogP contribution is 2.27. The van der Waals surface area contributed by atoms with Crippen LogP contribution in [0.2, 0.25) is 0 Å². The molecule has 2 aromatic rings. The van der Waals surface area contributed by atoms with Gasteiger partial charge in [0.2, 0.25) is 10.0 Å². The molecule has 0 atom stereocenters. The van der Waals surface area contributed by atoms with Gasteiger partial charge in [-0.3, -0.25) is 9.78 Å². The second-order valence-electron chi connectivity index (χ2n) is 7.22. The van der Waals surface area contributed by atoms with Gasteiger partial charge in [-0.05, 0) is 45.2 Å². The molecule has 0 radical (unpaired) electrons. The molecule has 0 unspecified atom stereocenters. The summed E-state index contributed by atoms with van der Waals surface area (Å²) < 4.78 is 29.8. The van der Waals surface area contributed by atoms with E-state index in [2.05, 4.69) is 15.5 Å². The molecule has 1 aliphatic heterocycles. The fourth-order valence-electron chi connectivity index (χ4n) is 3.53. The first kappa shape index (κ1) is 20.5. The van der Waals surface area contributed by atoms with Gasteiger partial charge in [0.1, 0.15) is 5.76 Å². The molecule has 0 aliphatic carbocycles. The minimum atomic E-state index is -3.13. The van der Waals surface area contributed by atoms with Gasteiger partial charge in [-0.1, -0.05) is 5.16 Å². The van der Waals surface area contributed by atoms with Crippen molar-refractivity contribution in [2.75, 3.05) is 25.9 Å². The molecule has 1 N–H and O–H groups in total. The zero-order valence-electron chi connectivity index (χ0n) is 16.4. The molecular weight excluding hydrogens is 380 g/mol. The van der Waals surface area contributed by atoms with Gasteiger partial charge in [-0.15, -0.1) is 0 Å². The standard InChI is InChI=1S/C19H26N4O4S/c1-13-17(14(2)27-22-13)6-9-20-19(24)16-4-5-18(21-12-16)15-7-10-23(11-8-15)28(3,25)26/h4-5,12,15H,6-11H2,1-3H3,(H,20,24). The summed E-state index contributed by atoms with van der Waals surface area (Å²) in [6.07, 6.45) is 4.97. The van der Waals surface area contributed by atoms with Crippen molar-refractivity contribution in [1.29, 1.82) is 0 Å². The van der Waals surface area contributed by atoms with Crippen LogP contribution in [0.5, 0.6) is 0 Å². The smallest absolute Gasteiger partial charge is 0.252 e. The molecule has 0 aromatic carbocycles. The Morgan fingerprint density at radius 1 is 1.29 bits per heavy atom. The Labute approximate surface area is 165 Å². The highest BCUT2D eigenvalue weighted by Gasteiger charge is 2.26. The highest BCUT2D eigenvalue weighted by molar-refractivity contribution is 7.88. The summed E-state index contributed by atoms with van der Waals surface area (Å²) in [5.74, 6) is 0.826. The van der Waals surface area contributed by atoms with E-state index in [1.54, 1.807) is 12.3 Å². The van der Waals surface area contributed by atoms with Gasteiger partial charge in [-0.25, -0.2) is 12.7 Å². The topological polar surface area (TPSA) is 105 Å². The fourth-order valence-corrected chi connectivity index (χ4v) is 4.40. The van der Waals surface area contributed by atoms with Crippen molar-refractivity contribution in [3.63, 3.8) is 0 Å². The molecule has 9 heteroatoms. The number of hydrogen-bond acceptors (Lipinski definition) is 6.